The molecule has 0 aliphatic heterocycles. The molecule has 4 rings (SSSR count). The molecule has 1 heterocycles. The molecule has 0 atom stereocenters. The topological polar surface area (TPSA) is 112 Å². The van der Waals surface area contributed by atoms with E-state index in [4.69, 9.17) is 30.3 Å². The maximum absolute atomic E-state index is 13.3. The number of carbonyl (C=O) groups is 2. The van der Waals surface area contributed by atoms with Gasteiger partial charge in [-0.25, -0.2) is 0 Å². The Labute approximate surface area is 205 Å². The van der Waals surface area contributed by atoms with E-state index in [1.54, 1.807) is 31.2 Å². The van der Waals surface area contributed by atoms with Gasteiger partial charge in [0.05, 0.1) is 30.5 Å². The zero-order chi connectivity index (χ0) is 24.9. The third kappa shape index (κ3) is 5.47. The van der Waals surface area contributed by atoms with Crippen molar-refractivity contribution in [3.05, 3.63) is 70.9 Å². The fourth-order valence-corrected chi connectivity index (χ4v) is 3.65. The van der Waals surface area contributed by atoms with Crippen LogP contribution in [0.2, 0.25) is 5.02 Å². The lowest BCUT2D eigenvalue weighted by atomic mass is 10.0. The molecule has 0 aliphatic rings. The number of nitrogens with zero attached hydrogens (tertiary/aromatic N) is 1. The van der Waals surface area contributed by atoms with Crippen LogP contribution in [0.5, 0.6) is 17.2 Å². The molecule has 0 aliphatic carbocycles. The van der Waals surface area contributed by atoms with E-state index in [9.17, 15) is 9.59 Å². The van der Waals surface area contributed by atoms with Crippen LogP contribution in [-0.2, 0) is 4.79 Å². The quantitative estimate of drug-likeness (QED) is 0.350. The Balaban J connectivity index is 1.61. The smallest absolute Gasteiger partial charge is 0.263 e. The predicted octanol–water partition coefficient (Wildman–Crippen LogP) is 5.08. The number of aryl methyl sites for hydroxylation is 1. The first-order valence-corrected chi connectivity index (χ1v) is 10.9. The van der Waals surface area contributed by atoms with Gasteiger partial charge in [-0.15, -0.1) is 0 Å². The lowest BCUT2D eigenvalue weighted by Crippen LogP contribution is -2.22. The van der Waals surface area contributed by atoms with Crippen LogP contribution in [0.4, 0.5) is 11.5 Å². The third-order valence-electron chi connectivity index (χ3n) is 5.07. The van der Waals surface area contributed by atoms with Gasteiger partial charge in [-0.3, -0.25) is 9.59 Å². The standard InChI is InChI=1S/C25H22ClN3O6/c1-14-8-23(29-35-14)28-24(30)13-34-20-10-16-7-5-4-6-15(16)9-17(20)25(31)27-19-11-18(26)21(32-2)12-22(19)33-3/h4-12H,13H2,1-3H3,(H,27,31)(H,28,29,30). The molecular formula is C25H22ClN3O6. The number of carbonyl (C=O) groups excluding carboxylic acids is 2. The van der Waals surface area contributed by atoms with Gasteiger partial charge in [0.25, 0.3) is 11.8 Å². The number of methoxy groups -OCH3 is 2. The van der Waals surface area contributed by atoms with E-state index in [0.717, 1.165) is 10.8 Å². The van der Waals surface area contributed by atoms with Crippen LogP contribution >= 0.6 is 11.6 Å². The van der Waals surface area contributed by atoms with Crippen molar-refractivity contribution >= 4 is 45.7 Å². The predicted molar refractivity (Wildman–Crippen MR) is 132 cm³/mol. The van der Waals surface area contributed by atoms with E-state index >= 15 is 0 Å². The van der Waals surface area contributed by atoms with Gasteiger partial charge in [0.2, 0.25) is 0 Å². The number of hydrogen-bond acceptors (Lipinski definition) is 7. The maximum atomic E-state index is 13.3. The third-order valence-corrected chi connectivity index (χ3v) is 5.36. The van der Waals surface area contributed by atoms with Crippen LogP contribution in [0.3, 0.4) is 0 Å². The lowest BCUT2D eigenvalue weighted by Gasteiger charge is -2.15. The number of rotatable bonds is 8. The minimum absolute atomic E-state index is 0.225. The molecule has 0 saturated heterocycles. The molecule has 0 fully saturated rings. The summed E-state index contributed by atoms with van der Waals surface area (Å²) in [5.74, 6) is 0.903. The Hall–Kier alpha value is -4.24. The molecule has 180 valence electrons. The van der Waals surface area contributed by atoms with Crippen LogP contribution in [0.1, 0.15) is 16.1 Å². The van der Waals surface area contributed by atoms with Gasteiger partial charge in [0, 0.05) is 12.1 Å². The number of anilines is 2. The summed E-state index contributed by atoms with van der Waals surface area (Å²) < 4.78 is 21.3. The molecule has 0 unspecified atom stereocenters. The van der Waals surface area contributed by atoms with Crippen LogP contribution in [0, 0.1) is 6.92 Å². The van der Waals surface area contributed by atoms with Crippen molar-refractivity contribution < 1.29 is 28.3 Å². The molecule has 10 heteroatoms. The molecule has 0 spiro atoms. The Morgan fingerprint density at radius 2 is 1.66 bits per heavy atom. The largest absolute Gasteiger partial charge is 0.495 e. The monoisotopic (exact) mass is 495 g/mol. The van der Waals surface area contributed by atoms with Crippen LogP contribution < -0.4 is 24.8 Å². The van der Waals surface area contributed by atoms with Gasteiger partial charge in [0.1, 0.15) is 23.0 Å². The van der Waals surface area contributed by atoms with Gasteiger partial charge >= 0.3 is 0 Å². The van der Waals surface area contributed by atoms with Gasteiger partial charge in [-0.2, -0.15) is 0 Å². The van der Waals surface area contributed by atoms with Crippen molar-refractivity contribution in [3.63, 3.8) is 0 Å². The second-order valence-corrected chi connectivity index (χ2v) is 7.90. The Morgan fingerprint density at radius 1 is 0.943 bits per heavy atom. The summed E-state index contributed by atoms with van der Waals surface area (Å²) in [6.45, 7) is 1.37. The number of nitrogens with one attached hydrogen (secondary N) is 2. The summed E-state index contributed by atoms with van der Waals surface area (Å²) in [6, 6.07) is 15.6. The number of hydrogen-bond donors (Lipinski definition) is 2. The molecule has 1 aromatic heterocycles. The number of ether oxygens (including phenoxy) is 3. The summed E-state index contributed by atoms with van der Waals surface area (Å²) in [4.78, 5) is 25.7. The van der Waals surface area contributed by atoms with E-state index in [1.807, 2.05) is 24.3 Å². The highest BCUT2D eigenvalue weighted by molar-refractivity contribution is 6.32. The Bertz CT molecular complexity index is 1400. The van der Waals surface area contributed by atoms with Crippen molar-refractivity contribution in [2.75, 3.05) is 31.5 Å². The molecule has 2 amide bonds. The van der Waals surface area contributed by atoms with E-state index in [2.05, 4.69) is 15.8 Å². The van der Waals surface area contributed by atoms with Gasteiger partial charge in [-0.05, 0) is 35.9 Å². The SMILES string of the molecule is COc1cc(OC)c(NC(=O)c2cc3ccccc3cc2OCC(=O)Nc2cc(C)on2)cc1Cl. The van der Waals surface area contributed by atoms with Gasteiger partial charge in [0.15, 0.2) is 12.4 Å². The molecule has 4 aromatic rings. The van der Waals surface area contributed by atoms with Crippen molar-refractivity contribution in [1.82, 2.24) is 5.16 Å². The lowest BCUT2D eigenvalue weighted by molar-refractivity contribution is -0.118. The molecule has 35 heavy (non-hydrogen) atoms. The zero-order valence-corrected chi connectivity index (χ0v) is 19.9. The number of aromatic nitrogens is 1. The average Bonchev–Trinajstić information content (AvgIpc) is 3.26. The normalized spacial score (nSPS) is 10.6. The highest BCUT2D eigenvalue weighted by atomic mass is 35.5. The van der Waals surface area contributed by atoms with E-state index in [-0.39, 0.29) is 23.7 Å². The van der Waals surface area contributed by atoms with Gasteiger partial charge < -0.3 is 29.4 Å². The molecule has 9 nitrogen and oxygen atoms in total. The number of amides is 2. The Morgan fingerprint density at radius 3 is 2.31 bits per heavy atom. The molecule has 2 N–H and O–H groups in total. The molecule has 0 bridgehead atoms. The highest BCUT2D eigenvalue weighted by Crippen LogP contribution is 2.36. The second kappa shape index (κ2) is 10.4. The molecule has 3 aromatic carbocycles. The zero-order valence-electron chi connectivity index (χ0n) is 19.2. The first-order valence-electron chi connectivity index (χ1n) is 10.5. The van der Waals surface area contributed by atoms with Crippen LogP contribution in [-0.4, -0.2) is 37.8 Å². The molecule has 0 saturated carbocycles. The minimum atomic E-state index is -0.474. The fraction of sp³-hybridized carbons (Fsp3) is 0.160. The summed E-state index contributed by atoms with van der Waals surface area (Å²) >= 11 is 6.24. The number of benzene rings is 3. The molecular weight excluding hydrogens is 474 g/mol. The maximum Gasteiger partial charge on any atom is 0.263 e. The number of fused-ring (bicyclic) bond motifs is 1. The first-order chi connectivity index (χ1) is 16.9. The first kappa shape index (κ1) is 23.9. The van der Waals surface area contributed by atoms with E-state index in [1.165, 1.54) is 20.3 Å². The van der Waals surface area contributed by atoms with Crippen molar-refractivity contribution in [3.8, 4) is 17.2 Å². The summed E-state index contributed by atoms with van der Waals surface area (Å²) in [5.41, 5.74) is 0.573. The average molecular weight is 496 g/mol. The fourth-order valence-electron chi connectivity index (χ4n) is 3.41. The Kier molecular flexibility index (Phi) is 7.07. The summed E-state index contributed by atoms with van der Waals surface area (Å²) in [5, 5.41) is 11.1. The van der Waals surface area contributed by atoms with Crippen molar-refractivity contribution in [2.24, 2.45) is 0 Å². The number of halogens is 1. The highest BCUT2D eigenvalue weighted by Gasteiger charge is 2.19. The van der Waals surface area contributed by atoms with Gasteiger partial charge in [-0.1, -0.05) is 41.0 Å². The summed E-state index contributed by atoms with van der Waals surface area (Å²) in [7, 11) is 2.95. The second-order valence-electron chi connectivity index (χ2n) is 7.50. The minimum Gasteiger partial charge on any atom is -0.495 e. The molecule has 0 radical (unpaired) electrons. The van der Waals surface area contributed by atoms with E-state index < -0.39 is 11.8 Å². The van der Waals surface area contributed by atoms with Crippen LogP contribution in [0.25, 0.3) is 10.8 Å². The summed E-state index contributed by atoms with van der Waals surface area (Å²) in [6.07, 6.45) is 0. The van der Waals surface area contributed by atoms with Crippen LogP contribution in [0.15, 0.2) is 59.1 Å². The van der Waals surface area contributed by atoms with Crippen molar-refractivity contribution in [1.29, 1.82) is 0 Å². The van der Waals surface area contributed by atoms with E-state index in [0.29, 0.717) is 28.0 Å². The van der Waals surface area contributed by atoms with Crippen molar-refractivity contribution in [2.45, 2.75) is 6.92 Å².